The zero-order valence-electron chi connectivity index (χ0n) is 10.2. The quantitative estimate of drug-likeness (QED) is 0.893. The van der Waals surface area contributed by atoms with Gasteiger partial charge in [-0.1, -0.05) is 18.2 Å². The van der Waals surface area contributed by atoms with Gasteiger partial charge < -0.3 is 15.2 Å². The minimum absolute atomic E-state index is 0.113. The molecule has 2 rings (SSSR count). The molecular formula is C13H12F2N2O2. The second-order valence-electron chi connectivity index (χ2n) is 3.72. The molecule has 2 N–H and O–H groups in total. The highest BCUT2D eigenvalue weighted by Crippen LogP contribution is 2.28. The third-order valence-corrected chi connectivity index (χ3v) is 2.48. The van der Waals surface area contributed by atoms with Crippen LogP contribution in [0.4, 0.5) is 14.6 Å². The van der Waals surface area contributed by atoms with E-state index < -0.39 is 11.6 Å². The summed E-state index contributed by atoms with van der Waals surface area (Å²) in [5.74, 6) is -1.92. The molecule has 0 aliphatic heterocycles. The summed E-state index contributed by atoms with van der Waals surface area (Å²) in [4.78, 5) is 3.70. The van der Waals surface area contributed by atoms with Gasteiger partial charge in [0.2, 0.25) is 0 Å². The van der Waals surface area contributed by atoms with Crippen LogP contribution in [0.5, 0.6) is 11.6 Å². The Morgan fingerprint density at radius 1 is 1.26 bits per heavy atom. The summed E-state index contributed by atoms with van der Waals surface area (Å²) >= 11 is 0. The lowest BCUT2D eigenvalue weighted by atomic mass is 10.2. The molecule has 0 atom stereocenters. The lowest BCUT2D eigenvalue weighted by molar-refractivity contribution is 0.275. The molecule has 0 bridgehead atoms. The highest BCUT2D eigenvalue weighted by atomic mass is 19.1. The van der Waals surface area contributed by atoms with Crippen LogP contribution in [0, 0.1) is 11.6 Å². The van der Waals surface area contributed by atoms with E-state index in [1.807, 2.05) is 0 Å². The number of aliphatic hydroxyl groups is 1. The second-order valence-corrected chi connectivity index (χ2v) is 3.72. The predicted molar refractivity (Wildman–Crippen MR) is 66.1 cm³/mol. The molecule has 0 unspecified atom stereocenters. The van der Waals surface area contributed by atoms with Crippen molar-refractivity contribution in [1.82, 2.24) is 4.98 Å². The van der Waals surface area contributed by atoms with Crippen molar-refractivity contribution in [3.8, 4) is 11.6 Å². The van der Waals surface area contributed by atoms with E-state index in [4.69, 9.17) is 9.84 Å². The Labute approximate surface area is 108 Å². The van der Waals surface area contributed by atoms with Crippen molar-refractivity contribution < 1.29 is 18.6 Å². The summed E-state index contributed by atoms with van der Waals surface area (Å²) in [6, 6.07) is 7.28. The fourth-order valence-electron chi connectivity index (χ4n) is 1.53. The Morgan fingerprint density at radius 2 is 2.00 bits per heavy atom. The number of aliphatic hydroxyl groups excluding tert-OH is 1. The minimum atomic E-state index is -0.913. The van der Waals surface area contributed by atoms with Gasteiger partial charge in [0, 0.05) is 18.7 Å². The van der Waals surface area contributed by atoms with E-state index in [0.29, 0.717) is 11.6 Å². The highest BCUT2D eigenvalue weighted by molar-refractivity contribution is 5.41. The molecular weight excluding hydrogens is 254 g/mol. The number of anilines is 1. The average Bonchev–Trinajstić information content (AvgIpc) is 2.42. The van der Waals surface area contributed by atoms with Crippen LogP contribution in [0.15, 0.2) is 30.3 Å². The number of hydrogen-bond donors (Lipinski definition) is 2. The molecule has 6 heteroatoms. The van der Waals surface area contributed by atoms with Crippen molar-refractivity contribution in [3.05, 3.63) is 47.5 Å². The maximum atomic E-state index is 13.6. The highest BCUT2D eigenvalue weighted by Gasteiger charge is 2.14. The molecule has 0 amide bonds. The Kier molecular flexibility index (Phi) is 3.91. The molecule has 0 fully saturated rings. The topological polar surface area (TPSA) is 54.4 Å². The average molecular weight is 266 g/mol. The van der Waals surface area contributed by atoms with Crippen molar-refractivity contribution in [3.63, 3.8) is 0 Å². The van der Waals surface area contributed by atoms with Gasteiger partial charge in [-0.05, 0) is 6.07 Å². The maximum Gasteiger partial charge on any atom is 0.258 e. The van der Waals surface area contributed by atoms with Gasteiger partial charge in [0.05, 0.1) is 6.61 Å². The number of para-hydroxylation sites is 1. The fraction of sp³-hybridized carbons (Fsp3) is 0.154. The molecule has 0 aliphatic rings. The Morgan fingerprint density at radius 3 is 2.68 bits per heavy atom. The van der Waals surface area contributed by atoms with E-state index in [0.717, 1.165) is 0 Å². The van der Waals surface area contributed by atoms with Crippen LogP contribution in [0.2, 0.25) is 0 Å². The van der Waals surface area contributed by atoms with Crippen molar-refractivity contribution >= 4 is 5.82 Å². The summed E-state index contributed by atoms with van der Waals surface area (Å²) in [6.45, 7) is -0.252. The van der Waals surface area contributed by atoms with Gasteiger partial charge in [0.25, 0.3) is 5.88 Å². The fourth-order valence-corrected chi connectivity index (χ4v) is 1.53. The Bertz CT molecular complexity index is 591. The van der Waals surface area contributed by atoms with E-state index in [1.54, 1.807) is 24.3 Å². The lowest BCUT2D eigenvalue weighted by Gasteiger charge is -2.10. The van der Waals surface area contributed by atoms with Crippen molar-refractivity contribution in [2.75, 3.05) is 12.4 Å². The third kappa shape index (κ3) is 2.79. The van der Waals surface area contributed by atoms with Gasteiger partial charge in [-0.2, -0.15) is 4.98 Å². The molecule has 2 aromatic rings. The standard InChI is InChI=1S/C13H12F2N2O2/c1-16-12-9(14)6-10(15)13(17-12)19-11-5-3-2-4-8(11)7-18/h2-6,18H,7H2,1H3,(H,16,17). The van der Waals surface area contributed by atoms with Gasteiger partial charge in [-0.3, -0.25) is 0 Å². The van der Waals surface area contributed by atoms with Gasteiger partial charge in [-0.15, -0.1) is 0 Å². The van der Waals surface area contributed by atoms with Crippen molar-refractivity contribution in [1.29, 1.82) is 0 Å². The number of pyridine rings is 1. The van der Waals surface area contributed by atoms with Crippen molar-refractivity contribution in [2.24, 2.45) is 0 Å². The minimum Gasteiger partial charge on any atom is -0.436 e. The first-order valence-electron chi connectivity index (χ1n) is 5.56. The molecule has 1 aromatic carbocycles. The first kappa shape index (κ1) is 13.2. The maximum absolute atomic E-state index is 13.6. The zero-order valence-corrected chi connectivity index (χ0v) is 10.2. The number of nitrogens with one attached hydrogen (secondary N) is 1. The zero-order chi connectivity index (χ0) is 13.8. The molecule has 0 saturated heterocycles. The summed E-state index contributed by atoms with van der Waals surface area (Å²) in [5, 5.41) is 11.6. The molecule has 1 heterocycles. The number of benzene rings is 1. The second kappa shape index (κ2) is 5.62. The molecule has 1 aromatic heterocycles. The number of ether oxygens (including phenoxy) is 1. The van der Waals surface area contributed by atoms with Crippen LogP contribution >= 0.6 is 0 Å². The van der Waals surface area contributed by atoms with E-state index in [9.17, 15) is 8.78 Å². The van der Waals surface area contributed by atoms with Crippen LogP contribution in [-0.4, -0.2) is 17.1 Å². The third-order valence-electron chi connectivity index (χ3n) is 2.48. The largest absolute Gasteiger partial charge is 0.436 e. The van der Waals surface area contributed by atoms with E-state index in [1.165, 1.54) is 7.05 Å². The molecule has 0 radical (unpaired) electrons. The molecule has 4 nitrogen and oxygen atoms in total. The molecule has 100 valence electrons. The SMILES string of the molecule is CNc1nc(Oc2ccccc2CO)c(F)cc1F. The van der Waals surface area contributed by atoms with Crippen LogP contribution in [0.3, 0.4) is 0 Å². The lowest BCUT2D eigenvalue weighted by Crippen LogP contribution is -2.02. The normalized spacial score (nSPS) is 10.3. The van der Waals surface area contributed by atoms with Crippen molar-refractivity contribution in [2.45, 2.75) is 6.61 Å². The number of aromatic nitrogens is 1. The van der Waals surface area contributed by atoms with Gasteiger partial charge in [-0.25, -0.2) is 8.78 Å². The smallest absolute Gasteiger partial charge is 0.258 e. The Hall–Kier alpha value is -2.21. The van der Waals surface area contributed by atoms with Crippen LogP contribution in [-0.2, 0) is 6.61 Å². The predicted octanol–water partition coefficient (Wildman–Crippen LogP) is 2.69. The molecule has 19 heavy (non-hydrogen) atoms. The van der Waals surface area contributed by atoms with Crippen LogP contribution in [0.1, 0.15) is 5.56 Å². The monoisotopic (exact) mass is 266 g/mol. The van der Waals surface area contributed by atoms with Crippen LogP contribution < -0.4 is 10.1 Å². The summed E-state index contributed by atoms with van der Waals surface area (Å²) in [7, 11) is 1.47. The van der Waals surface area contributed by atoms with Crippen LogP contribution in [0.25, 0.3) is 0 Å². The van der Waals surface area contributed by atoms with E-state index >= 15 is 0 Å². The first-order valence-corrected chi connectivity index (χ1v) is 5.56. The number of rotatable bonds is 4. The number of halogens is 2. The van der Waals surface area contributed by atoms with Gasteiger partial charge in [0.1, 0.15) is 5.75 Å². The number of nitrogens with zero attached hydrogens (tertiary/aromatic N) is 1. The molecule has 0 spiro atoms. The number of hydrogen-bond acceptors (Lipinski definition) is 4. The first-order chi connectivity index (χ1) is 9.15. The summed E-state index contributed by atoms with van der Waals surface area (Å²) in [5.41, 5.74) is 0.485. The van der Waals surface area contributed by atoms with Gasteiger partial charge >= 0.3 is 0 Å². The molecule has 0 saturated carbocycles. The van der Waals surface area contributed by atoms with Gasteiger partial charge in [0.15, 0.2) is 17.5 Å². The molecule has 0 aliphatic carbocycles. The summed E-state index contributed by atoms with van der Waals surface area (Å²) < 4.78 is 32.1. The Balaban J connectivity index is 2.38. The summed E-state index contributed by atoms with van der Waals surface area (Å²) in [6.07, 6.45) is 0. The van der Waals surface area contributed by atoms with E-state index in [2.05, 4.69) is 10.3 Å². The van der Waals surface area contributed by atoms with E-state index in [-0.39, 0.29) is 24.1 Å².